The van der Waals surface area contributed by atoms with E-state index in [1.54, 1.807) is 21.6 Å². The maximum atomic E-state index is 10.9. The zero-order chi connectivity index (χ0) is 13.9. The molecular weight excluding hydrogens is 293 g/mol. The maximum Gasteiger partial charge on any atom is 0.240 e. The zero-order valence-corrected chi connectivity index (χ0v) is 13.3. The first-order valence-electron chi connectivity index (χ1n) is 5.73. The van der Waals surface area contributed by atoms with E-state index in [4.69, 9.17) is 5.73 Å². The Morgan fingerprint density at radius 3 is 2.78 bits per heavy atom. The molecule has 0 spiro atoms. The van der Waals surface area contributed by atoms with Gasteiger partial charge in [0, 0.05) is 31.6 Å². The Kier molecular flexibility index (Phi) is 11.3. The summed E-state index contributed by atoms with van der Waals surface area (Å²) in [6.07, 6.45) is 1.89. The number of nitrogens with two attached hydrogens (primary N) is 1. The molecular formula is C9H22N3O3PS2. The van der Waals surface area contributed by atoms with E-state index in [0.717, 1.165) is 38.1 Å². The van der Waals surface area contributed by atoms with E-state index in [2.05, 4.69) is 14.6 Å². The van der Waals surface area contributed by atoms with Gasteiger partial charge < -0.3 is 9.42 Å². The molecule has 0 aliphatic rings. The number of hydrogen-bond acceptors (Lipinski definition) is 5. The lowest BCUT2D eigenvalue weighted by Gasteiger charge is -2.21. The molecule has 0 aromatic heterocycles. The monoisotopic (exact) mass is 315 g/mol. The van der Waals surface area contributed by atoms with Crippen molar-refractivity contribution < 1.29 is 19.0 Å². The van der Waals surface area contributed by atoms with Gasteiger partial charge in [0.1, 0.15) is 0 Å². The Bertz CT molecular complexity index is 292. The van der Waals surface area contributed by atoms with Gasteiger partial charge in [-0.2, -0.15) is 0 Å². The minimum atomic E-state index is -3.81. The van der Waals surface area contributed by atoms with E-state index >= 15 is 0 Å². The molecule has 0 heterocycles. The van der Waals surface area contributed by atoms with Crippen molar-refractivity contribution in [3.05, 3.63) is 0 Å². The summed E-state index contributed by atoms with van der Waals surface area (Å²) < 4.78 is 15.2. The third-order valence-electron chi connectivity index (χ3n) is 1.89. The smallest absolute Gasteiger partial charge is 0.240 e. The fraction of sp³-hybridized carbons (Fsp3) is 0.889. The third-order valence-corrected chi connectivity index (χ3v) is 5.48. The van der Waals surface area contributed by atoms with Crippen LogP contribution in [0.2, 0.25) is 0 Å². The van der Waals surface area contributed by atoms with Crippen LogP contribution in [0.15, 0.2) is 0 Å². The minimum absolute atomic E-state index is 0.387. The third kappa shape index (κ3) is 11.4. The number of nitrogens with one attached hydrogen (secondary N) is 2. The zero-order valence-electron chi connectivity index (χ0n) is 10.8. The predicted octanol–water partition coefficient (Wildman–Crippen LogP) is -0.690. The van der Waals surface area contributed by atoms with E-state index in [0.29, 0.717) is 12.3 Å². The highest BCUT2D eigenvalue weighted by Crippen LogP contribution is 2.29. The Morgan fingerprint density at radius 1 is 1.50 bits per heavy atom. The van der Waals surface area contributed by atoms with E-state index in [1.165, 1.54) is 0 Å². The molecule has 0 radical (unpaired) electrons. The summed E-state index contributed by atoms with van der Waals surface area (Å²) in [5, 5.41) is 2.34. The lowest BCUT2D eigenvalue weighted by Crippen LogP contribution is -2.74. The summed E-state index contributed by atoms with van der Waals surface area (Å²) in [5.41, 5.74) is 5.71. The highest BCUT2D eigenvalue weighted by Gasteiger charge is 2.03. The molecule has 0 aliphatic carbocycles. The van der Waals surface area contributed by atoms with Crippen LogP contribution >= 0.6 is 29.3 Å². The molecule has 0 aromatic carbocycles. The van der Waals surface area contributed by atoms with E-state index in [9.17, 15) is 9.46 Å². The van der Waals surface area contributed by atoms with Gasteiger partial charge >= 0.3 is 0 Å². The lowest BCUT2D eigenvalue weighted by atomic mass is 10.3. The molecule has 0 saturated carbocycles. The van der Waals surface area contributed by atoms with Gasteiger partial charge in [-0.15, -0.1) is 0 Å². The molecule has 9 heteroatoms. The first-order valence-corrected chi connectivity index (χ1v) is 9.76. The highest BCUT2D eigenvalue weighted by molar-refractivity contribution is 8.76. The molecule has 0 rings (SSSR count). The molecule has 108 valence electrons. The summed E-state index contributed by atoms with van der Waals surface area (Å²) in [6, 6.07) is 0. The van der Waals surface area contributed by atoms with Crippen molar-refractivity contribution in [3.63, 3.8) is 0 Å². The van der Waals surface area contributed by atoms with Gasteiger partial charge in [-0.3, -0.25) is 20.4 Å². The van der Waals surface area contributed by atoms with Gasteiger partial charge in [0.25, 0.3) is 0 Å². The number of amidine groups is 1. The van der Waals surface area contributed by atoms with Gasteiger partial charge in [0.05, 0.1) is 6.54 Å². The second kappa shape index (κ2) is 11.1. The topological polar surface area (TPSA) is 101 Å². The van der Waals surface area contributed by atoms with Crippen LogP contribution in [0, 0.1) is 0 Å². The van der Waals surface area contributed by atoms with E-state index in [-0.39, 0.29) is 0 Å². The van der Waals surface area contributed by atoms with Crippen LogP contribution in [0.25, 0.3) is 0 Å². The van der Waals surface area contributed by atoms with Gasteiger partial charge in [0.15, 0.2) is 0 Å². The largest absolute Gasteiger partial charge is 0.766 e. The molecule has 0 bridgehead atoms. The Balaban J connectivity index is 3.32. The summed E-state index contributed by atoms with van der Waals surface area (Å²) in [7, 11) is 0.697. The molecule has 0 aromatic rings. The van der Waals surface area contributed by atoms with Gasteiger partial charge in [-0.05, 0) is 13.3 Å². The van der Waals surface area contributed by atoms with Crippen molar-refractivity contribution >= 4 is 35.2 Å². The lowest BCUT2D eigenvalue weighted by molar-refractivity contribution is -0.454. The quantitative estimate of drug-likeness (QED) is 0.152. The van der Waals surface area contributed by atoms with Crippen LogP contribution in [-0.4, -0.2) is 37.5 Å². The Labute approximate surface area is 117 Å². The van der Waals surface area contributed by atoms with Crippen molar-refractivity contribution in [2.24, 2.45) is 5.73 Å². The van der Waals surface area contributed by atoms with Crippen molar-refractivity contribution in [1.82, 2.24) is 5.09 Å². The SMILES string of the molecule is CC[NH+]=C(N)CCCSSCCNP(=O)([O-])OC. The average Bonchev–Trinajstić information content (AvgIpc) is 2.33. The Morgan fingerprint density at radius 2 is 2.17 bits per heavy atom. The van der Waals surface area contributed by atoms with E-state index in [1.807, 2.05) is 6.92 Å². The van der Waals surface area contributed by atoms with Crippen LogP contribution in [0.5, 0.6) is 0 Å². The normalized spacial score (nSPS) is 15.6. The molecule has 0 aliphatic heterocycles. The van der Waals surface area contributed by atoms with Gasteiger partial charge in [-0.25, -0.2) is 0 Å². The number of hydrogen-bond donors (Lipinski definition) is 3. The van der Waals surface area contributed by atoms with Gasteiger partial charge in [0.2, 0.25) is 13.6 Å². The molecule has 0 saturated heterocycles. The Hall–Kier alpha value is 0.280. The average molecular weight is 315 g/mol. The molecule has 0 amide bonds. The molecule has 4 N–H and O–H groups in total. The predicted molar refractivity (Wildman–Crippen MR) is 77.5 cm³/mol. The summed E-state index contributed by atoms with van der Waals surface area (Å²) in [5.74, 6) is 2.54. The number of rotatable bonds is 11. The summed E-state index contributed by atoms with van der Waals surface area (Å²) >= 11 is 0. The molecule has 1 unspecified atom stereocenters. The van der Waals surface area contributed by atoms with Crippen molar-refractivity contribution in [3.8, 4) is 0 Å². The fourth-order valence-corrected chi connectivity index (χ4v) is 3.70. The van der Waals surface area contributed by atoms with Crippen molar-refractivity contribution in [2.45, 2.75) is 19.8 Å². The molecule has 6 nitrogen and oxygen atoms in total. The highest BCUT2D eigenvalue weighted by atomic mass is 33.1. The van der Waals surface area contributed by atoms with Crippen molar-refractivity contribution in [2.75, 3.05) is 31.7 Å². The first kappa shape index (κ1) is 18.3. The standard InChI is InChI=1S/C9H22N3O3PS2/c1-3-11-9(10)5-4-7-17-18-8-6-12-16(13,14)15-2/h3-8H2,1-2H3,(H2,10,11)(H2,12,13,14). The second-order valence-electron chi connectivity index (χ2n) is 3.39. The van der Waals surface area contributed by atoms with Crippen molar-refractivity contribution in [1.29, 1.82) is 0 Å². The van der Waals surface area contributed by atoms with Gasteiger partial charge in [-0.1, -0.05) is 21.6 Å². The van der Waals surface area contributed by atoms with Crippen LogP contribution < -0.4 is 20.7 Å². The fourth-order valence-electron chi connectivity index (χ4n) is 1.04. The minimum Gasteiger partial charge on any atom is -0.766 e. The maximum absolute atomic E-state index is 10.9. The van der Waals surface area contributed by atoms with E-state index < -0.39 is 7.75 Å². The molecule has 1 atom stereocenters. The van der Waals surface area contributed by atoms with Crippen LogP contribution in [0.3, 0.4) is 0 Å². The summed E-state index contributed by atoms with van der Waals surface area (Å²) in [6.45, 7) is 3.26. The summed E-state index contributed by atoms with van der Waals surface area (Å²) in [4.78, 5) is 14.0. The molecule has 0 fully saturated rings. The van der Waals surface area contributed by atoms with Crippen LogP contribution in [-0.2, 0) is 9.09 Å². The van der Waals surface area contributed by atoms with Crippen LogP contribution in [0.1, 0.15) is 19.8 Å². The second-order valence-corrected chi connectivity index (χ2v) is 7.77. The van der Waals surface area contributed by atoms with Crippen LogP contribution in [0.4, 0.5) is 0 Å². The first-order chi connectivity index (χ1) is 8.52. The molecule has 18 heavy (non-hydrogen) atoms.